The van der Waals surface area contributed by atoms with E-state index in [-0.39, 0.29) is 25.2 Å². The summed E-state index contributed by atoms with van der Waals surface area (Å²) in [6, 6.07) is 6.54. The van der Waals surface area contributed by atoms with Gasteiger partial charge in [0.15, 0.2) is 19.5 Å². The zero-order valence-electron chi connectivity index (χ0n) is 13.0. The maximum absolute atomic E-state index is 11.6. The smallest absolute Gasteiger partial charge is 0.344 e. The van der Waals surface area contributed by atoms with E-state index in [1.165, 1.54) is 0 Å². The van der Waals surface area contributed by atoms with E-state index in [0.717, 1.165) is 0 Å². The van der Waals surface area contributed by atoms with Crippen LogP contribution in [-0.4, -0.2) is 37.4 Å². The van der Waals surface area contributed by atoms with Crippen LogP contribution >= 0.6 is 0 Å². The number of benzene rings is 1. The number of esters is 1. The molecule has 120 valence electrons. The number of carbonyl (C=O) groups excluding carboxylic acids is 3. The second kappa shape index (κ2) is 8.81. The fourth-order valence-corrected chi connectivity index (χ4v) is 1.50. The summed E-state index contributed by atoms with van der Waals surface area (Å²) >= 11 is 0. The highest BCUT2D eigenvalue weighted by molar-refractivity contribution is 5.82. The van der Waals surface area contributed by atoms with Crippen LogP contribution in [0.25, 0.3) is 0 Å². The number of rotatable bonds is 8. The van der Waals surface area contributed by atoms with Crippen LogP contribution < -0.4 is 10.1 Å². The van der Waals surface area contributed by atoms with Crippen LogP contribution in [0.15, 0.2) is 24.3 Å². The van der Waals surface area contributed by atoms with Gasteiger partial charge >= 0.3 is 5.97 Å². The van der Waals surface area contributed by atoms with Crippen molar-refractivity contribution in [1.29, 1.82) is 0 Å². The minimum absolute atomic E-state index is 0.00178. The van der Waals surface area contributed by atoms with E-state index < -0.39 is 5.97 Å². The largest absolute Gasteiger partial charge is 0.481 e. The number of ether oxygens (including phenoxy) is 2. The maximum Gasteiger partial charge on any atom is 0.344 e. The van der Waals surface area contributed by atoms with Crippen LogP contribution in [0.4, 0.5) is 0 Å². The van der Waals surface area contributed by atoms with Gasteiger partial charge in [-0.2, -0.15) is 0 Å². The third kappa shape index (κ3) is 5.95. The van der Waals surface area contributed by atoms with E-state index in [4.69, 9.17) is 9.47 Å². The monoisotopic (exact) mass is 307 g/mol. The van der Waals surface area contributed by atoms with Crippen LogP contribution in [-0.2, 0) is 14.3 Å². The molecular formula is C16H21NO5. The van der Waals surface area contributed by atoms with Gasteiger partial charge in [0.25, 0.3) is 5.91 Å². The standard InChI is InChI=1S/C16H21NO5/c1-11(2)12(3)17-15(19)9-22-16(20)10-21-14-7-5-4-6-13(14)8-18/h4-8,11-12H,9-10H2,1-3H3,(H,17,19)/t12-/m1/s1. The van der Waals surface area contributed by atoms with Crippen molar-refractivity contribution in [2.45, 2.75) is 26.8 Å². The summed E-state index contributed by atoms with van der Waals surface area (Å²) in [6.07, 6.45) is 0.640. The molecule has 0 spiro atoms. The molecule has 1 amide bonds. The Kier molecular flexibility index (Phi) is 7.08. The number of hydrogen-bond acceptors (Lipinski definition) is 5. The van der Waals surface area contributed by atoms with E-state index in [0.29, 0.717) is 23.5 Å². The normalized spacial score (nSPS) is 11.6. The van der Waals surface area contributed by atoms with Crippen LogP contribution in [0.3, 0.4) is 0 Å². The summed E-state index contributed by atoms with van der Waals surface area (Å²) in [7, 11) is 0. The minimum atomic E-state index is -0.673. The van der Waals surface area contributed by atoms with Crippen LogP contribution in [0.2, 0.25) is 0 Å². The van der Waals surface area contributed by atoms with Gasteiger partial charge in [-0.05, 0) is 25.0 Å². The number of para-hydroxylation sites is 1. The van der Waals surface area contributed by atoms with Crippen LogP contribution in [0.1, 0.15) is 31.1 Å². The zero-order valence-corrected chi connectivity index (χ0v) is 13.0. The Bertz CT molecular complexity index is 527. The van der Waals surface area contributed by atoms with Gasteiger partial charge in [-0.3, -0.25) is 9.59 Å². The van der Waals surface area contributed by atoms with Crippen molar-refractivity contribution in [2.24, 2.45) is 5.92 Å². The van der Waals surface area contributed by atoms with Gasteiger partial charge in [0.05, 0.1) is 5.56 Å². The maximum atomic E-state index is 11.6. The highest BCUT2D eigenvalue weighted by Crippen LogP contribution is 2.15. The molecule has 0 aliphatic heterocycles. The van der Waals surface area contributed by atoms with Gasteiger partial charge in [0.1, 0.15) is 5.75 Å². The summed E-state index contributed by atoms with van der Waals surface area (Å²) in [5.41, 5.74) is 0.346. The highest BCUT2D eigenvalue weighted by Gasteiger charge is 2.13. The molecule has 6 heteroatoms. The molecule has 1 N–H and O–H groups in total. The second-order valence-electron chi connectivity index (χ2n) is 5.21. The Balaban J connectivity index is 2.35. The third-order valence-corrected chi connectivity index (χ3v) is 3.14. The summed E-state index contributed by atoms with van der Waals surface area (Å²) in [6.45, 7) is 5.13. The lowest BCUT2D eigenvalue weighted by Crippen LogP contribution is -2.39. The number of aldehydes is 1. The molecule has 0 fully saturated rings. The highest BCUT2D eigenvalue weighted by atomic mass is 16.6. The van der Waals surface area contributed by atoms with Crippen LogP contribution in [0, 0.1) is 5.92 Å². The molecule has 0 heterocycles. The Morgan fingerprint density at radius 1 is 1.18 bits per heavy atom. The molecule has 0 bridgehead atoms. The first-order chi connectivity index (χ1) is 10.4. The van der Waals surface area contributed by atoms with Crippen molar-refractivity contribution < 1.29 is 23.9 Å². The Labute approximate surface area is 129 Å². The Morgan fingerprint density at radius 3 is 2.50 bits per heavy atom. The first-order valence-corrected chi connectivity index (χ1v) is 7.06. The van der Waals surface area contributed by atoms with E-state index in [1.807, 2.05) is 20.8 Å². The quantitative estimate of drug-likeness (QED) is 0.582. The van der Waals surface area contributed by atoms with E-state index in [1.54, 1.807) is 24.3 Å². The molecule has 0 aliphatic carbocycles. The number of amides is 1. The van der Waals surface area contributed by atoms with E-state index in [2.05, 4.69) is 5.32 Å². The van der Waals surface area contributed by atoms with E-state index >= 15 is 0 Å². The van der Waals surface area contributed by atoms with Gasteiger partial charge in [-0.1, -0.05) is 26.0 Å². The lowest BCUT2D eigenvalue weighted by molar-refractivity contribution is -0.150. The first kappa shape index (κ1) is 17.7. The van der Waals surface area contributed by atoms with Crippen molar-refractivity contribution in [2.75, 3.05) is 13.2 Å². The van der Waals surface area contributed by atoms with Crippen molar-refractivity contribution >= 4 is 18.2 Å². The molecule has 1 aromatic rings. The molecule has 0 saturated heterocycles. The SMILES string of the molecule is CC(C)[C@@H](C)NC(=O)COC(=O)COc1ccccc1C=O. The van der Waals surface area contributed by atoms with Gasteiger partial charge in [0, 0.05) is 6.04 Å². The summed E-state index contributed by atoms with van der Waals surface area (Å²) in [5, 5.41) is 2.72. The third-order valence-electron chi connectivity index (χ3n) is 3.14. The average molecular weight is 307 g/mol. The molecule has 0 unspecified atom stereocenters. The van der Waals surface area contributed by atoms with Gasteiger partial charge in [-0.15, -0.1) is 0 Å². The number of hydrogen-bond donors (Lipinski definition) is 1. The second-order valence-corrected chi connectivity index (χ2v) is 5.21. The molecule has 1 atom stereocenters. The Hall–Kier alpha value is -2.37. The van der Waals surface area contributed by atoms with Crippen LogP contribution in [0.5, 0.6) is 5.75 Å². The predicted molar refractivity (Wildman–Crippen MR) is 80.7 cm³/mol. The molecule has 0 saturated carbocycles. The molecule has 1 rings (SSSR count). The Morgan fingerprint density at radius 2 is 1.86 bits per heavy atom. The van der Waals surface area contributed by atoms with Gasteiger partial charge in [0.2, 0.25) is 0 Å². The molecule has 22 heavy (non-hydrogen) atoms. The molecular weight excluding hydrogens is 286 g/mol. The lowest BCUT2D eigenvalue weighted by atomic mass is 10.1. The fourth-order valence-electron chi connectivity index (χ4n) is 1.50. The molecule has 6 nitrogen and oxygen atoms in total. The van der Waals surface area contributed by atoms with Crippen molar-refractivity contribution in [1.82, 2.24) is 5.32 Å². The summed E-state index contributed by atoms with van der Waals surface area (Å²) in [5.74, 6) is -0.439. The van der Waals surface area contributed by atoms with E-state index in [9.17, 15) is 14.4 Å². The molecule has 0 radical (unpaired) electrons. The van der Waals surface area contributed by atoms with Crippen molar-refractivity contribution in [3.05, 3.63) is 29.8 Å². The predicted octanol–water partition coefficient (Wildman–Crippen LogP) is 1.58. The minimum Gasteiger partial charge on any atom is -0.481 e. The lowest BCUT2D eigenvalue weighted by Gasteiger charge is -2.17. The molecule has 0 aliphatic rings. The topological polar surface area (TPSA) is 81.7 Å². The van der Waals surface area contributed by atoms with Crippen molar-refractivity contribution in [3.8, 4) is 5.75 Å². The summed E-state index contributed by atoms with van der Waals surface area (Å²) in [4.78, 5) is 33.9. The average Bonchev–Trinajstić information content (AvgIpc) is 2.50. The van der Waals surface area contributed by atoms with Crippen molar-refractivity contribution in [3.63, 3.8) is 0 Å². The fraction of sp³-hybridized carbons (Fsp3) is 0.438. The first-order valence-electron chi connectivity index (χ1n) is 7.06. The number of nitrogens with one attached hydrogen (secondary N) is 1. The molecule has 0 aromatic heterocycles. The zero-order chi connectivity index (χ0) is 16.5. The summed E-state index contributed by atoms with van der Waals surface area (Å²) < 4.78 is 10.0. The number of carbonyl (C=O) groups is 3. The molecule has 1 aromatic carbocycles. The van der Waals surface area contributed by atoms with Gasteiger partial charge < -0.3 is 14.8 Å². The van der Waals surface area contributed by atoms with Gasteiger partial charge in [-0.25, -0.2) is 4.79 Å².